The third kappa shape index (κ3) is 3.28. The Labute approximate surface area is 121 Å². The first-order valence-electron chi connectivity index (χ1n) is 6.60. The molecule has 1 atom stereocenters. The van der Waals surface area contributed by atoms with Gasteiger partial charge in [0.15, 0.2) is 4.67 Å². The molecule has 0 bridgehead atoms. The molecule has 19 heavy (non-hydrogen) atoms. The second-order valence-corrected chi connectivity index (χ2v) is 5.35. The fourth-order valence-electron chi connectivity index (χ4n) is 2.20. The Kier molecular flexibility index (Phi) is 4.82. The highest BCUT2D eigenvalue weighted by Gasteiger charge is 2.16. The molecule has 0 aromatic carbocycles. The number of aromatic nitrogens is 2. The first-order chi connectivity index (χ1) is 9.15. The van der Waals surface area contributed by atoms with Gasteiger partial charge < -0.3 is 9.52 Å². The quantitative estimate of drug-likeness (QED) is 0.876. The van der Waals surface area contributed by atoms with Gasteiger partial charge in [0, 0.05) is 18.2 Å². The van der Waals surface area contributed by atoms with Crippen molar-refractivity contribution in [3.8, 4) is 0 Å². The van der Waals surface area contributed by atoms with Crippen LogP contribution in [0.1, 0.15) is 50.1 Å². The van der Waals surface area contributed by atoms with E-state index in [2.05, 4.69) is 34.9 Å². The number of hydrogen-bond donors (Lipinski definition) is 1. The smallest absolute Gasteiger partial charge is 0.174 e. The summed E-state index contributed by atoms with van der Waals surface area (Å²) >= 11 is 3.28. The Balaban J connectivity index is 2.06. The van der Waals surface area contributed by atoms with Crippen molar-refractivity contribution in [1.29, 1.82) is 0 Å². The third-order valence-corrected chi connectivity index (χ3v) is 4.03. The van der Waals surface area contributed by atoms with Gasteiger partial charge >= 0.3 is 0 Å². The van der Waals surface area contributed by atoms with E-state index < -0.39 is 6.10 Å². The van der Waals surface area contributed by atoms with Gasteiger partial charge in [-0.25, -0.2) is 0 Å². The summed E-state index contributed by atoms with van der Waals surface area (Å²) in [5, 5.41) is 14.7. The molecule has 1 unspecified atom stereocenters. The van der Waals surface area contributed by atoms with Crippen LogP contribution in [0.4, 0.5) is 0 Å². The molecule has 104 valence electrons. The fraction of sp³-hybridized carbons (Fsp3) is 0.500. The van der Waals surface area contributed by atoms with Crippen LogP contribution in [0.2, 0.25) is 0 Å². The summed E-state index contributed by atoms with van der Waals surface area (Å²) in [6, 6.07) is 4.17. The van der Waals surface area contributed by atoms with E-state index in [1.165, 1.54) is 0 Å². The van der Waals surface area contributed by atoms with Crippen molar-refractivity contribution < 1.29 is 9.52 Å². The van der Waals surface area contributed by atoms with Crippen LogP contribution in [0.15, 0.2) is 33.7 Å². The first kappa shape index (κ1) is 14.3. The van der Waals surface area contributed by atoms with Crippen molar-refractivity contribution in [2.45, 2.75) is 45.3 Å². The van der Waals surface area contributed by atoms with E-state index in [9.17, 15) is 5.11 Å². The molecule has 1 N–H and O–H groups in total. The van der Waals surface area contributed by atoms with E-state index in [1.54, 1.807) is 12.3 Å². The second-order valence-electron chi connectivity index (χ2n) is 4.63. The Morgan fingerprint density at radius 1 is 1.37 bits per heavy atom. The molecular formula is C14H19BrN2O2. The van der Waals surface area contributed by atoms with Crippen molar-refractivity contribution in [3.05, 3.63) is 40.5 Å². The fourth-order valence-corrected chi connectivity index (χ4v) is 2.71. The number of nitrogens with zero attached hydrogens (tertiary/aromatic N) is 2. The van der Waals surface area contributed by atoms with Crippen molar-refractivity contribution in [1.82, 2.24) is 9.78 Å². The Morgan fingerprint density at radius 3 is 2.68 bits per heavy atom. The minimum atomic E-state index is -0.599. The number of aliphatic hydroxyl groups is 1. The lowest BCUT2D eigenvalue weighted by atomic mass is 10.1. The molecule has 2 aromatic rings. The average molecular weight is 327 g/mol. The van der Waals surface area contributed by atoms with E-state index in [0.29, 0.717) is 17.1 Å². The van der Waals surface area contributed by atoms with Crippen LogP contribution in [-0.2, 0) is 6.42 Å². The molecule has 0 amide bonds. The zero-order chi connectivity index (χ0) is 13.8. The summed E-state index contributed by atoms with van der Waals surface area (Å²) < 4.78 is 7.71. The van der Waals surface area contributed by atoms with Crippen LogP contribution in [0.5, 0.6) is 0 Å². The van der Waals surface area contributed by atoms with Crippen LogP contribution in [0.25, 0.3) is 0 Å². The molecule has 0 spiro atoms. The van der Waals surface area contributed by atoms with Crippen LogP contribution in [-0.4, -0.2) is 14.9 Å². The highest BCUT2D eigenvalue weighted by molar-refractivity contribution is 9.10. The van der Waals surface area contributed by atoms with Crippen LogP contribution in [0.3, 0.4) is 0 Å². The number of aliphatic hydroxyl groups excluding tert-OH is 1. The molecule has 0 aliphatic heterocycles. The lowest BCUT2D eigenvalue weighted by molar-refractivity contribution is 0.174. The highest BCUT2D eigenvalue weighted by atomic mass is 79.9. The molecule has 0 radical (unpaired) electrons. The Morgan fingerprint density at radius 2 is 2.11 bits per heavy atom. The van der Waals surface area contributed by atoms with E-state index >= 15 is 0 Å². The molecule has 2 aromatic heterocycles. The Bertz CT molecular complexity index is 517. The summed E-state index contributed by atoms with van der Waals surface area (Å²) in [5.74, 6) is 0. The summed E-state index contributed by atoms with van der Waals surface area (Å²) in [5.41, 5.74) is 1.66. The summed E-state index contributed by atoms with van der Waals surface area (Å²) in [4.78, 5) is 0. The monoisotopic (exact) mass is 326 g/mol. The number of rotatable bonds is 6. The molecule has 0 saturated heterocycles. The number of hydrogen-bond acceptors (Lipinski definition) is 3. The molecule has 0 fully saturated rings. The van der Waals surface area contributed by atoms with E-state index in [1.807, 2.05) is 16.9 Å². The maximum Gasteiger partial charge on any atom is 0.174 e. The minimum absolute atomic E-state index is 0.437. The topological polar surface area (TPSA) is 51.2 Å². The van der Waals surface area contributed by atoms with Gasteiger partial charge in [-0.05, 0) is 40.9 Å². The van der Waals surface area contributed by atoms with Crippen LogP contribution < -0.4 is 0 Å². The molecule has 0 aliphatic carbocycles. The highest BCUT2D eigenvalue weighted by Crippen LogP contribution is 2.27. The standard InChI is InChI=1S/C14H19BrN2O2/c1-3-11(4-2)17-7-5-10(16-17)9-13(18)12-6-8-19-14(12)15/h5-8,11,13,18H,3-4,9H2,1-2H3. The SMILES string of the molecule is CCC(CC)n1ccc(CC(O)c2ccoc2Br)n1. The molecule has 2 rings (SSSR count). The van der Waals surface area contributed by atoms with Crippen molar-refractivity contribution in [2.75, 3.05) is 0 Å². The third-order valence-electron chi connectivity index (χ3n) is 3.39. The molecule has 4 nitrogen and oxygen atoms in total. The normalized spacial score (nSPS) is 13.1. The van der Waals surface area contributed by atoms with Gasteiger partial charge in [-0.2, -0.15) is 5.10 Å². The summed E-state index contributed by atoms with van der Waals surface area (Å²) in [6.45, 7) is 4.32. The van der Waals surface area contributed by atoms with Gasteiger partial charge in [0.25, 0.3) is 0 Å². The van der Waals surface area contributed by atoms with Crippen molar-refractivity contribution >= 4 is 15.9 Å². The number of furan rings is 1. The van der Waals surface area contributed by atoms with E-state index in [-0.39, 0.29) is 0 Å². The van der Waals surface area contributed by atoms with Gasteiger partial charge in [-0.3, -0.25) is 4.68 Å². The largest absolute Gasteiger partial charge is 0.457 e. The predicted molar refractivity (Wildman–Crippen MR) is 76.9 cm³/mol. The van der Waals surface area contributed by atoms with Gasteiger partial charge in [0.1, 0.15) is 0 Å². The summed E-state index contributed by atoms with van der Waals surface area (Å²) in [6.07, 6.45) is 5.57. The van der Waals surface area contributed by atoms with Gasteiger partial charge in [-0.15, -0.1) is 0 Å². The van der Waals surface area contributed by atoms with Crippen LogP contribution >= 0.6 is 15.9 Å². The molecule has 5 heteroatoms. The molecular weight excluding hydrogens is 308 g/mol. The predicted octanol–water partition coefficient (Wildman–Crippen LogP) is 3.88. The molecule has 0 aliphatic rings. The van der Waals surface area contributed by atoms with E-state index in [4.69, 9.17) is 4.42 Å². The van der Waals surface area contributed by atoms with Gasteiger partial charge in [0.05, 0.1) is 24.1 Å². The molecule has 2 heterocycles. The first-order valence-corrected chi connectivity index (χ1v) is 7.40. The minimum Gasteiger partial charge on any atom is -0.457 e. The summed E-state index contributed by atoms with van der Waals surface area (Å²) in [7, 11) is 0. The maximum atomic E-state index is 10.2. The lowest BCUT2D eigenvalue weighted by Crippen LogP contribution is -2.09. The maximum absolute atomic E-state index is 10.2. The average Bonchev–Trinajstić information content (AvgIpc) is 3.00. The Hall–Kier alpha value is -1.07. The van der Waals surface area contributed by atoms with Gasteiger partial charge in [-0.1, -0.05) is 13.8 Å². The van der Waals surface area contributed by atoms with Gasteiger partial charge in [0.2, 0.25) is 0 Å². The number of halogens is 1. The van der Waals surface area contributed by atoms with E-state index in [0.717, 1.165) is 24.1 Å². The lowest BCUT2D eigenvalue weighted by Gasteiger charge is -2.12. The second kappa shape index (κ2) is 6.39. The zero-order valence-corrected chi connectivity index (χ0v) is 12.8. The zero-order valence-electron chi connectivity index (χ0n) is 11.2. The molecule has 0 saturated carbocycles. The van der Waals surface area contributed by atoms with Crippen molar-refractivity contribution in [3.63, 3.8) is 0 Å². The van der Waals surface area contributed by atoms with Crippen molar-refractivity contribution in [2.24, 2.45) is 0 Å². The van der Waals surface area contributed by atoms with Crippen LogP contribution in [0, 0.1) is 0 Å².